The first-order chi connectivity index (χ1) is 15.1. The molecular weight excluding hydrogens is 396 g/mol. The van der Waals surface area contributed by atoms with Crippen LogP contribution in [0.4, 0.5) is 5.69 Å². The van der Waals surface area contributed by atoms with Gasteiger partial charge in [0.1, 0.15) is 6.54 Å². The van der Waals surface area contributed by atoms with Crippen LogP contribution in [-0.2, 0) is 22.6 Å². The number of anilines is 1. The maximum absolute atomic E-state index is 13.3. The molecule has 0 atom stereocenters. The van der Waals surface area contributed by atoms with Crippen LogP contribution in [0.15, 0.2) is 88.1 Å². The highest BCUT2D eigenvalue weighted by molar-refractivity contribution is 5.95. The molecular formula is C24H20N2O5. The molecule has 0 aliphatic rings. The highest BCUT2D eigenvalue weighted by Gasteiger charge is 2.20. The van der Waals surface area contributed by atoms with E-state index in [0.29, 0.717) is 12.1 Å². The Labute approximate surface area is 178 Å². The van der Waals surface area contributed by atoms with Gasteiger partial charge >= 0.3 is 11.7 Å². The van der Waals surface area contributed by atoms with Crippen molar-refractivity contribution in [3.05, 3.63) is 101 Å². The molecule has 1 amide bonds. The Morgan fingerprint density at radius 3 is 2.32 bits per heavy atom. The summed E-state index contributed by atoms with van der Waals surface area (Å²) in [5.41, 5.74) is 2.60. The quantitative estimate of drug-likeness (QED) is 0.449. The summed E-state index contributed by atoms with van der Waals surface area (Å²) in [4.78, 5) is 39.1. The minimum absolute atomic E-state index is 0.203. The van der Waals surface area contributed by atoms with Gasteiger partial charge in [-0.3, -0.25) is 9.36 Å². The number of hydrogen-bond donors (Lipinski definition) is 0. The Morgan fingerprint density at radius 1 is 0.968 bits per heavy atom. The smallest absolute Gasteiger partial charge is 0.420 e. The summed E-state index contributed by atoms with van der Waals surface area (Å²) in [6.45, 7) is 0.159. The summed E-state index contributed by atoms with van der Waals surface area (Å²) in [6.07, 6.45) is 0. The third-order valence-electron chi connectivity index (χ3n) is 4.94. The normalized spacial score (nSPS) is 10.7. The van der Waals surface area contributed by atoms with Crippen molar-refractivity contribution in [2.45, 2.75) is 13.1 Å². The summed E-state index contributed by atoms with van der Waals surface area (Å²) < 4.78 is 11.2. The van der Waals surface area contributed by atoms with E-state index in [-0.39, 0.29) is 23.6 Å². The second-order valence-electron chi connectivity index (χ2n) is 6.93. The van der Waals surface area contributed by atoms with Crippen molar-refractivity contribution in [3.63, 3.8) is 0 Å². The highest BCUT2D eigenvalue weighted by Crippen LogP contribution is 2.20. The molecule has 7 heteroatoms. The van der Waals surface area contributed by atoms with Crippen LogP contribution in [0.1, 0.15) is 15.9 Å². The van der Waals surface area contributed by atoms with Gasteiger partial charge in [-0.15, -0.1) is 0 Å². The molecule has 0 spiro atoms. The predicted molar refractivity (Wildman–Crippen MR) is 116 cm³/mol. The first kappa shape index (κ1) is 20.2. The van der Waals surface area contributed by atoms with Gasteiger partial charge in [0, 0.05) is 5.69 Å². The third kappa shape index (κ3) is 4.25. The average molecular weight is 416 g/mol. The Bertz CT molecular complexity index is 1280. The number of para-hydroxylation sites is 1. The average Bonchev–Trinajstić information content (AvgIpc) is 3.12. The lowest BCUT2D eigenvalue weighted by atomic mass is 10.2. The number of benzene rings is 3. The van der Waals surface area contributed by atoms with Gasteiger partial charge in [0.2, 0.25) is 5.91 Å². The van der Waals surface area contributed by atoms with Crippen LogP contribution in [0.2, 0.25) is 0 Å². The van der Waals surface area contributed by atoms with Crippen molar-refractivity contribution >= 4 is 28.7 Å². The molecule has 1 heterocycles. The van der Waals surface area contributed by atoms with E-state index in [2.05, 4.69) is 0 Å². The van der Waals surface area contributed by atoms with Crippen LogP contribution >= 0.6 is 0 Å². The number of oxazole rings is 1. The van der Waals surface area contributed by atoms with Gasteiger partial charge < -0.3 is 14.1 Å². The van der Waals surface area contributed by atoms with Gasteiger partial charge in [-0.2, -0.15) is 0 Å². The lowest BCUT2D eigenvalue weighted by Gasteiger charge is -2.23. The maximum Gasteiger partial charge on any atom is 0.420 e. The van der Waals surface area contributed by atoms with Crippen molar-refractivity contribution in [2.24, 2.45) is 0 Å². The van der Waals surface area contributed by atoms with Crippen molar-refractivity contribution in [3.8, 4) is 0 Å². The molecule has 1 aromatic heterocycles. The molecule has 4 aromatic rings. The van der Waals surface area contributed by atoms with Crippen LogP contribution in [-0.4, -0.2) is 23.6 Å². The fraction of sp³-hybridized carbons (Fsp3) is 0.125. The minimum atomic E-state index is -0.668. The second kappa shape index (κ2) is 8.71. The molecule has 7 nitrogen and oxygen atoms in total. The van der Waals surface area contributed by atoms with E-state index in [0.717, 1.165) is 11.3 Å². The fourth-order valence-electron chi connectivity index (χ4n) is 3.38. The number of aromatic nitrogens is 1. The molecule has 4 rings (SSSR count). The van der Waals surface area contributed by atoms with E-state index in [1.807, 2.05) is 60.7 Å². The van der Waals surface area contributed by atoms with E-state index < -0.39 is 11.7 Å². The van der Waals surface area contributed by atoms with Gasteiger partial charge in [-0.25, -0.2) is 9.59 Å². The summed E-state index contributed by atoms with van der Waals surface area (Å²) in [6, 6.07) is 23.4. The molecule has 0 saturated heterocycles. The number of amides is 1. The zero-order valence-electron chi connectivity index (χ0n) is 16.9. The molecule has 31 heavy (non-hydrogen) atoms. The number of esters is 1. The zero-order valence-corrected chi connectivity index (χ0v) is 16.9. The van der Waals surface area contributed by atoms with Crippen LogP contribution in [0.25, 0.3) is 11.1 Å². The molecule has 156 valence electrons. The van der Waals surface area contributed by atoms with Crippen molar-refractivity contribution in [1.29, 1.82) is 0 Å². The van der Waals surface area contributed by atoms with Gasteiger partial charge in [-0.05, 0) is 35.9 Å². The summed E-state index contributed by atoms with van der Waals surface area (Å²) in [5.74, 6) is -1.47. The fourth-order valence-corrected chi connectivity index (χ4v) is 3.38. The molecule has 0 saturated carbocycles. The first-order valence-electron chi connectivity index (χ1n) is 9.68. The molecule has 0 unspecified atom stereocenters. The number of ether oxygens (including phenoxy) is 1. The molecule has 0 bridgehead atoms. The van der Waals surface area contributed by atoms with Gasteiger partial charge in [-0.1, -0.05) is 48.5 Å². The van der Waals surface area contributed by atoms with Crippen molar-refractivity contribution in [1.82, 2.24) is 4.57 Å². The number of methoxy groups -OCH3 is 1. The monoisotopic (exact) mass is 416 g/mol. The van der Waals surface area contributed by atoms with Crippen molar-refractivity contribution in [2.75, 3.05) is 12.0 Å². The van der Waals surface area contributed by atoms with Crippen LogP contribution < -0.4 is 10.7 Å². The molecule has 0 radical (unpaired) electrons. The van der Waals surface area contributed by atoms with Gasteiger partial charge in [0.05, 0.1) is 24.7 Å². The lowest BCUT2D eigenvalue weighted by Crippen LogP contribution is -2.35. The number of nitrogens with zero attached hydrogens (tertiary/aromatic N) is 2. The standard InChI is InChI=1S/C24H20N2O5/c1-30-23(28)18-12-13-20-21(14-18)31-24(29)26(20)16-22(27)25(19-10-6-3-7-11-19)15-17-8-4-2-5-9-17/h2-14H,15-16H2,1H3. The largest absolute Gasteiger partial charge is 0.465 e. The SMILES string of the molecule is COC(=O)c1ccc2c(c1)oc(=O)n2CC(=O)N(Cc1ccccc1)c1ccccc1. The molecule has 0 aliphatic carbocycles. The predicted octanol–water partition coefficient (Wildman–Crippen LogP) is 3.61. The Balaban J connectivity index is 1.67. The van der Waals surface area contributed by atoms with Gasteiger partial charge in [0.25, 0.3) is 0 Å². The molecule has 0 aliphatic heterocycles. The number of hydrogen-bond acceptors (Lipinski definition) is 5. The Hall–Kier alpha value is -4.13. The van der Waals surface area contributed by atoms with Crippen molar-refractivity contribution < 1.29 is 18.7 Å². The summed E-state index contributed by atoms with van der Waals surface area (Å²) in [5, 5.41) is 0. The van der Waals surface area contributed by atoms with Crippen LogP contribution in [0, 0.1) is 0 Å². The summed E-state index contributed by atoms with van der Waals surface area (Å²) >= 11 is 0. The zero-order chi connectivity index (χ0) is 21.8. The number of carbonyl (C=O) groups excluding carboxylic acids is 2. The Morgan fingerprint density at radius 2 is 1.65 bits per heavy atom. The third-order valence-corrected chi connectivity index (χ3v) is 4.94. The van der Waals surface area contributed by atoms with E-state index in [4.69, 9.17) is 9.15 Å². The first-order valence-corrected chi connectivity index (χ1v) is 9.68. The molecule has 0 fully saturated rings. The van der Waals surface area contributed by atoms with E-state index >= 15 is 0 Å². The molecule has 3 aromatic carbocycles. The highest BCUT2D eigenvalue weighted by atomic mass is 16.5. The van der Waals surface area contributed by atoms with Crippen LogP contribution in [0.3, 0.4) is 0 Å². The van der Waals surface area contributed by atoms with E-state index in [1.54, 1.807) is 11.0 Å². The topological polar surface area (TPSA) is 81.7 Å². The summed E-state index contributed by atoms with van der Waals surface area (Å²) in [7, 11) is 1.28. The lowest BCUT2D eigenvalue weighted by molar-refractivity contribution is -0.119. The minimum Gasteiger partial charge on any atom is -0.465 e. The van der Waals surface area contributed by atoms with E-state index in [9.17, 15) is 14.4 Å². The number of fused-ring (bicyclic) bond motifs is 1. The van der Waals surface area contributed by atoms with Crippen LogP contribution in [0.5, 0.6) is 0 Å². The maximum atomic E-state index is 13.3. The Kier molecular flexibility index (Phi) is 5.66. The number of carbonyl (C=O) groups is 2. The number of rotatable bonds is 6. The molecule has 0 N–H and O–H groups in total. The van der Waals surface area contributed by atoms with E-state index in [1.165, 1.54) is 23.8 Å². The second-order valence-corrected chi connectivity index (χ2v) is 6.93. The van der Waals surface area contributed by atoms with Gasteiger partial charge in [0.15, 0.2) is 5.58 Å².